The van der Waals surface area contributed by atoms with Crippen molar-refractivity contribution >= 4 is 45.9 Å². The lowest BCUT2D eigenvalue weighted by atomic mass is 10.0. The van der Waals surface area contributed by atoms with Gasteiger partial charge in [0, 0.05) is 15.6 Å². The first-order chi connectivity index (χ1) is 9.56. The predicted octanol–water partition coefficient (Wildman–Crippen LogP) is 4.76. The average Bonchev–Trinajstić information content (AvgIpc) is 2.77. The third-order valence-corrected chi connectivity index (χ3v) is 4.12. The zero-order chi connectivity index (χ0) is 14.3. The molecule has 3 rings (SSSR count). The number of H-pyrrole nitrogens is 1. The Kier molecular flexibility index (Phi) is 3.50. The largest absolute Gasteiger partial charge is 0.417 e. The molecule has 2 aromatic carbocycles. The van der Waals surface area contributed by atoms with E-state index in [0.717, 1.165) is 5.56 Å². The van der Waals surface area contributed by atoms with Gasteiger partial charge in [0.15, 0.2) is 5.58 Å². The first-order valence-corrected chi connectivity index (χ1v) is 6.96. The van der Waals surface area contributed by atoms with E-state index in [2.05, 4.69) is 4.98 Å². The van der Waals surface area contributed by atoms with Crippen LogP contribution in [0.2, 0.25) is 10.0 Å². The molecule has 0 aliphatic heterocycles. The van der Waals surface area contributed by atoms with E-state index in [1.165, 1.54) is 0 Å². The molecule has 0 saturated heterocycles. The highest BCUT2D eigenvalue weighted by Crippen LogP contribution is 2.38. The van der Waals surface area contributed by atoms with E-state index >= 15 is 0 Å². The van der Waals surface area contributed by atoms with Gasteiger partial charge >= 0.3 is 5.76 Å². The monoisotopic (exact) mass is 327 g/mol. The lowest BCUT2D eigenvalue weighted by Crippen LogP contribution is -1.95. The average molecular weight is 329 g/mol. The number of hydrogen-bond acceptors (Lipinski definition) is 2. The number of oxazole rings is 1. The SMILES string of the molecule is O=c1[nH]c2ccc(C(Cl)c3c(Cl)cccc3Cl)cc2o1. The van der Waals surface area contributed by atoms with Crippen LogP contribution in [0, 0.1) is 0 Å². The van der Waals surface area contributed by atoms with Crippen LogP contribution in [0.1, 0.15) is 16.5 Å². The third kappa shape index (κ3) is 2.33. The molecular weight excluding hydrogens is 321 g/mol. The highest BCUT2D eigenvalue weighted by molar-refractivity contribution is 6.38. The molecule has 0 aliphatic carbocycles. The Labute approximate surface area is 129 Å². The molecule has 1 N–H and O–H groups in total. The normalized spacial score (nSPS) is 12.8. The summed E-state index contributed by atoms with van der Waals surface area (Å²) in [6.45, 7) is 0. The number of rotatable bonds is 2. The predicted molar refractivity (Wildman–Crippen MR) is 81.0 cm³/mol. The second kappa shape index (κ2) is 5.17. The molecule has 0 radical (unpaired) electrons. The number of benzene rings is 2. The van der Waals surface area contributed by atoms with Crippen LogP contribution >= 0.6 is 34.8 Å². The maximum absolute atomic E-state index is 11.2. The van der Waals surface area contributed by atoms with E-state index in [4.69, 9.17) is 39.2 Å². The maximum Gasteiger partial charge on any atom is 0.417 e. The van der Waals surface area contributed by atoms with Crippen LogP contribution in [0.5, 0.6) is 0 Å². The van der Waals surface area contributed by atoms with Crippen LogP contribution in [0.3, 0.4) is 0 Å². The minimum absolute atomic E-state index is 0.446. The number of halogens is 3. The fourth-order valence-electron chi connectivity index (χ4n) is 2.04. The smallest absolute Gasteiger partial charge is 0.408 e. The van der Waals surface area contributed by atoms with Crippen molar-refractivity contribution in [1.82, 2.24) is 4.98 Å². The summed E-state index contributed by atoms with van der Waals surface area (Å²) in [7, 11) is 0. The molecule has 1 heterocycles. The van der Waals surface area contributed by atoms with Gasteiger partial charge in [-0.15, -0.1) is 11.6 Å². The fraction of sp³-hybridized carbons (Fsp3) is 0.0714. The first kappa shape index (κ1) is 13.6. The van der Waals surface area contributed by atoms with Crippen molar-refractivity contribution < 1.29 is 4.42 Å². The van der Waals surface area contributed by atoms with Gasteiger partial charge in [-0.05, 0) is 29.8 Å². The first-order valence-electron chi connectivity index (χ1n) is 5.77. The maximum atomic E-state index is 11.2. The summed E-state index contributed by atoms with van der Waals surface area (Å²) in [6, 6.07) is 10.4. The summed E-state index contributed by atoms with van der Waals surface area (Å²) in [5.74, 6) is -0.501. The zero-order valence-corrected chi connectivity index (χ0v) is 12.3. The van der Waals surface area contributed by atoms with Gasteiger partial charge in [-0.3, -0.25) is 4.98 Å². The minimum Gasteiger partial charge on any atom is -0.408 e. The molecule has 0 aliphatic rings. The summed E-state index contributed by atoms with van der Waals surface area (Å²) >= 11 is 18.7. The molecule has 1 aromatic heterocycles. The molecule has 6 heteroatoms. The molecule has 102 valence electrons. The number of nitrogens with one attached hydrogen (secondary N) is 1. The molecule has 3 nitrogen and oxygen atoms in total. The number of aromatic amines is 1. The van der Waals surface area contributed by atoms with Gasteiger partial charge in [-0.1, -0.05) is 35.3 Å². The molecule has 3 aromatic rings. The highest BCUT2D eigenvalue weighted by Gasteiger charge is 2.18. The van der Waals surface area contributed by atoms with Crippen molar-refractivity contribution in [1.29, 1.82) is 0 Å². The molecule has 0 amide bonds. The minimum atomic E-state index is -0.527. The summed E-state index contributed by atoms with van der Waals surface area (Å²) in [5, 5.41) is 0.460. The van der Waals surface area contributed by atoms with E-state index < -0.39 is 11.1 Å². The van der Waals surface area contributed by atoms with Crippen molar-refractivity contribution in [3.8, 4) is 0 Å². The van der Waals surface area contributed by atoms with Crippen LogP contribution in [0.25, 0.3) is 11.1 Å². The second-order valence-corrected chi connectivity index (χ2v) is 5.52. The van der Waals surface area contributed by atoms with Crippen LogP contribution in [0.15, 0.2) is 45.6 Å². The Balaban J connectivity index is 2.12. The fourth-order valence-corrected chi connectivity index (χ4v) is 3.14. The van der Waals surface area contributed by atoms with E-state index in [1.54, 1.807) is 36.4 Å². The Morgan fingerprint density at radius 3 is 2.50 bits per heavy atom. The Morgan fingerprint density at radius 1 is 1.10 bits per heavy atom. The second-order valence-electron chi connectivity index (χ2n) is 4.27. The lowest BCUT2D eigenvalue weighted by molar-refractivity contribution is 0.555. The van der Waals surface area contributed by atoms with Crippen molar-refractivity contribution in [2.45, 2.75) is 5.38 Å². The Morgan fingerprint density at radius 2 is 1.80 bits per heavy atom. The van der Waals surface area contributed by atoms with Gasteiger partial charge in [0.05, 0.1) is 10.9 Å². The van der Waals surface area contributed by atoms with E-state index in [9.17, 15) is 4.79 Å². The summed E-state index contributed by atoms with van der Waals surface area (Å²) in [4.78, 5) is 13.7. The molecule has 0 saturated carbocycles. The molecule has 1 unspecified atom stereocenters. The quantitative estimate of drug-likeness (QED) is 0.690. The standard InChI is InChI=1S/C14H8Cl3NO2/c15-8-2-1-3-9(16)12(8)13(17)7-4-5-10-11(6-7)20-14(19)18-10/h1-6,13H,(H,18,19). The van der Waals surface area contributed by atoms with Crippen molar-refractivity contribution in [3.05, 3.63) is 68.1 Å². The zero-order valence-electron chi connectivity index (χ0n) is 9.99. The van der Waals surface area contributed by atoms with E-state index in [1.807, 2.05) is 0 Å². The highest BCUT2D eigenvalue weighted by atomic mass is 35.5. The van der Waals surface area contributed by atoms with Crippen LogP contribution < -0.4 is 5.76 Å². The van der Waals surface area contributed by atoms with Gasteiger partial charge in [-0.2, -0.15) is 0 Å². The van der Waals surface area contributed by atoms with Crippen molar-refractivity contribution in [2.75, 3.05) is 0 Å². The number of hydrogen-bond donors (Lipinski definition) is 1. The Hall–Kier alpha value is -1.42. The topological polar surface area (TPSA) is 46.0 Å². The molecule has 0 bridgehead atoms. The van der Waals surface area contributed by atoms with Gasteiger partial charge in [0.25, 0.3) is 0 Å². The molecule has 20 heavy (non-hydrogen) atoms. The van der Waals surface area contributed by atoms with Crippen LogP contribution in [-0.4, -0.2) is 4.98 Å². The van der Waals surface area contributed by atoms with Gasteiger partial charge in [0.1, 0.15) is 0 Å². The molecular formula is C14H8Cl3NO2. The summed E-state index contributed by atoms with van der Waals surface area (Å²) in [5.41, 5.74) is 2.45. The summed E-state index contributed by atoms with van der Waals surface area (Å²) in [6.07, 6.45) is 0. The van der Waals surface area contributed by atoms with Crippen molar-refractivity contribution in [2.24, 2.45) is 0 Å². The van der Waals surface area contributed by atoms with Gasteiger partial charge in [-0.25, -0.2) is 4.79 Å². The van der Waals surface area contributed by atoms with Crippen molar-refractivity contribution in [3.63, 3.8) is 0 Å². The van der Waals surface area contributed by atoms with Gasteiger partial charge in [0.2, 0.25) is 0 Å². The lowest BCUT2D eigenvalue weighted by Gasteiger charge is -2.13. The molecule has 1 atom stereocenters. The number of aromatic nitrogens is 1. The van der Waals surface area contributed by atoms with E-state index in [-0.39, 0.29) is 0 Å². The molecule has 0 fully saturated rings. The van der Waals surface area contributed by atoms with E-state index in [0.29, 0.717) is 26.7 Å². The third-order valence-electron chi connectivity index (χ3n) is 2.99. The van der Waals surface area contributed by atoms with Crippen LogP contribution in [-0.2, 0) is 0 Å². The Bertz CT molecular complexity index is 818. The summed E-state index contributed by atoms with van der Waals surface area (Å²) < 4.78 is 5.02. The van der Waals surface area contributed by atoms with Crippen LogP contribution in [0.4, 0.5) is 0 Å². The number of fused-ring (bicyclic) bond motifs is 1. The van der Waals surface area contributed by atoms with Gasteiger partial charge < -0.3 is 4.42 Å². The molecule has 0 spiro atoms. The number of alkyl halides is 1.